The monoisotopic (exact) mass is 738 g/mol. The van der Waals surface area contributed by atoms with E-state index >= 15 is 0 Å². The maximum absolute atomic E-state index is 13.0. The van der Waals surface area contributed by atoms with Gasteiger partial charge in [0, 0.05) is 60.1 Å². The lowest BCUT2D eigenvalue weighted by Gasteiger charge is -2.36. The number of aryl methyl sites for hydroxylation is 1. The second-order valence-corrected chi connectivity index (χ2v) is 14.6. The first-order valence-corrected chi connectivity index (χ1v) is 18.1. The molecule has 12 heteroatoms. The number of ether oxygens (including phenoxy) is 1. The van der Waals surface area contributed by atoms with E-state index in [1.165, 1.54) is 12.1 Å². The Morgan fingerprint density at radius 3 is 2.49 bits per heavy atom. The van der Waals surface area contributed by atoms with Crippen molar-refractivity contribution in [1.82, 2.24) is 10.3 Å². The first-order valence-electron chi connectivity index (χ1n) is 17.7. The number of pyridine rings is 1. The zero-order chi connectivity index (χ0) is 37.5. The molecular formula is C41H45ClN5O6+. The van der Waals surface area contributed by atoms with Crippen LogP contribution in [-0.2, 0) is 22.5 Å². The largest absolute Gasteiger partial charge is 0.506 e. The zero-order valence-electron chi connectivity index (χ0n) is 29.8. The van der Waals surface area contributed by atoms with Crippen LogP contribution >= 0.6 is 11.6 Å². The number of nitrogens with zero attached hydrogens (tertiary/aromatic N) is 1. The lowest BCUT2D eigenvalue weighted by atomic mass is 9.99. The molecule has 6 rings (SSSR count). The maximum atomic E-state index is 13.0. The summed E-state index contributed by atoms with van der Waals surface area (Å²) in [6.45, 7) is 2.46. The Labute approximate surface area is 313 Å². The molecule has 1 saturated heterocycles. The molecule has 6 N–H and O–H groups in total. The summed E-state index contributed by atoms with van der Waals surface area (Å²) in [5, 5.41) is 31.1. The second-order valence-electron chi connectivity index (χ2n) is 14.1. The van der Waals surface area contributed by atoms with Crippen molar-refractivity contribution in [2.45, 2.75) is 44.4 Å². The number of aromatic amines is 1. The summed E-state index contributed by atoms with van der Waals surface area (Å²) in [5.41, 5.74) is 5.16. The molecule has 11 nitrogen and oxygen atoms in total. The molecule has 0 bridgehead atoms. The summed E-state index contributed by atoms with van der Waals surface area (Å²) in [5.74, 6) is -0.255. The molecule has 0 radical (unpaired) electrons. The van der Waals surface area contributed by atoms with Gasteiger partial charge in [-0.2, -0.15) is 0 Å². The van der Waals surface area contributed by atoms with Crippen LogP contribution in [0.4, 0.5) is 16.2 Å². The van der Waals surface area contributed by atoms with Gasteiger partial charge in [0.15, 0.2) is 0 Å². The normalized spacial score (nSPS) is 14.8. The molecule has 1 aliphatic rings. The summed E-state index contributed by atoms with van der Waals surface area (Å²) in [6.07, 6.45) is 0.792. The number of quaternary nitrogens is 1. The van der Waals surface area contributed by atoms with Gasteiger partial charge in [0.2, 0.25) is 11.5 Å². The number of phenols is 1. The van der Waals surface area contributed by atoms with Gasteiger partial charge in [-0.3, -0.25) is 14.9 Å². The lowest BCUT2D eigenvalue weighted by molar-refractivity contribution is -0.896. The van der Waals surface area contributed by atoms with Crippen LogP contribution < -0.4 is 21.5 Å². The maximum Gasteiger partial charge on any atom is 0.411 e. The fraction of sp³-hybridized carbons (Fsp3) is 0.293. The number of H-pyrrole nitrogens is 1. The average Bonchev–Trinajstić information content (AvgIpc) is 3.13. The van der Waals surface area contributed by atoms with Crippen LogP contribution in [0.5, 0.6) is 5.75 Å². The van der Waals surface area contributed by atoms with Gasteiger partial charge in [-0.05, 0) is 59.0 Å². The van der Waals surface area contributed by atoms with Crippen molar-refractivity contribution in [3.05, 3.63) is 123 Å². The van der Waals surface area contributed by atoms with Crippen molar-refractivity contribution >= 4 is 45.9 Å². The van der Waals surface area contributed by atoms with E-state index in [4.69, 9.17) is 16.3 Å². The molecule has 0 spiro atoms. The molecule has 1 aromatic heterocycles. The number of aromatic nitrogens is 1. The Hall–Kier alpha value is -5.20. The molecule has 4 aromatic carbocycles. The van der Waals surface area contributed by atoms with Gasteiger partial charge in [-0.25, -0.2) is 4.79 Å². The first kappa shape index (κ1) is 37.6. The van der Waals surface area contributed by atoms with Gasteiger partial charge in [0.25, 0.3) is 0 Å². The summed E-state index contributed by atoms with van der Waals surface area (Å²) in [6, 6.07) is 26.9. The molecular weight excluding hydrogens is 694 g/mol. The minimum absolute atomic E-state index is 0.0722. The van der Waals surface area contributed by atoms with Crippen molar-refractivity contribution < 1.29 is 29.0 Å². The number of rotatable bonds is 12. The third-order valence-corrected chi connectivity index (χ3v) is 10.0. The summed E-state index contributed by atoms with van der Waals surface area (Å²) < 4.78 is 6.73. The van der Waals surface area contributed by atoms with Gasteiger partial charge in [0.05, 0.1) is 44.5 Å². The summed E-state index contributed by atoms with van der Waals surface area (Å²) in [7, 11) is 4.37. The minimum atomic E-state index is -0.912. The number of aromatic hydroxyl groups is 1. The fourth-order valence-corrected chi connectivity index (χ4v) is 6.87. The number of aliphatic hydroxyl groups excluding tert-OH is 1. The number of hydrogen-bond acceptors (Lipinski definition) is 7. The number of nitrogens with one attached hydrogen (secondary N) is 4. The van der Waals surface area contributed by atoms with Crippen LogP contribution in [0.3, 0.4) is 0 Å². The predicted octanol–water partition coefficient (Wildman–Crippen LogP) is 6.74. The predicted molar refractivity (Wildman–Crippen MR) is 208 cm³/mol. The summed E-state index contributed by atoms with van der Waals surface area (Å²) in [4.78, 5) is 40.3. The molecule has 1 aliphatic heterocycles. The highest BCUT2D eigenvalue weighted by Gasteiger charge is 2.28. The number of fused-ring (bicyclic) bond motifs is 1. The lowest BCUT2D eigenvalue weighted by Crippen LogP contribution is -2.48. The number of phenolic OH excluding ortho intramolecular Hbond substituents is 1. The minimum Gasteiger partial charge on any atom is -0.506 e. The average molecular weight is 739 g/mol. The van der Waals surface area contributed by atoms with E-state index in [1.807, 2.05) is 54.6 Å². The standard InChI is InChI=1S/C41H44ClN5O6/c1-47(2)20-18-30(19-21-47)53-41(52)45-35-22-26(8-12-31(35)27-6-4-3-5-7-27)9-16-38(50)44-29-11-10-28(34(42)23-29)24-43-25-37(49)32-13-15-36(48)40-33(32)14-17-39(51)46-40/h3-8,10-15,17,22-23,30,37,43,49H,9,16,18-21,24-25H2,1-2H3,(H3-,44,45,46,48,50,51,52)/p+1/t37-/m1/s1. The molecule has 2 heterocycles. The molecule has 0 unspecified atom stereocenters. The number of carbonyl (C=O) groups excluding carboxylic acids is 2. The molecule has 0 aliphatic carbocycles. The highest BCUT2D eigenvalue weighted by atomic mass is 35.5. The quantitative estimate of drug-likeness (QED) is 0.0776. The Balaban J connectivity index is 1.03. The van der Waals surface area contributed by atoms with E-state index in [9.17, 15) is 24.6 Å². The van der Waals surface area contributed by atoms with Crippen LogP contribution in [0.1, 0.15) is 42.1 Å². The highest BCUT2D eigenvalue weighted by Crippen LogP contribution is 2.31. The number of piperidine rings is 1. The topological polar surface area (TPSA) is 153 Å². The van der Waals surface area contributed by atoms with E-state index < -0.39 is 12.2 Å². The van der Waals surface area contributed by atoms with Crippen LogP contribution in [0.2, 0.25) is 5.02 Å². The third kappa shape index (κ3) is 9.82. The van der Waals surface area contributed by atoms with Crippen molar-refractivity contribution in [1.29, 1.82) is 0 Å². The van der Waals surface area contributed by atoms with E-state index in [2.05, 4.69) is 35.0 Å². The smallest absolute Gasteiger partial charge is 0.411 e. The molecule has 2 amide bonds. The molecule has 276 valence electrons. The van der Waals surface area contributed by atoms with Crippen molar-refractivity contribution in [3.8, 4) is 16.9 Å². The van der Waals surface area contributed by atoms with E-state index in [0.29, 0.717) is 40.3 Å². The van der Waals surface area contributed by atoms with Crippen LogP contribution in [-0.4, -0.2) is 71.5 Å². The van der Waals surface area contributed by atoms with Crippen LogP contribution in [0, 0.1) is 0 Å². The number of carbonyl (C=O) groups is 2. The van der Waals surface area contributed by atoms with E-state index in [-0.39, 0.29) is 41.8 Å². The highest BCUT2D eigenvalue weighted by molar-refractivity contribution is 6.31. The number of aliphatic hydroxyl groups is 1. The molecule has 0 saturated carbocycles. The third-order valence-electron chi connectivity index (χ3n) is 9.69. The van der Waals surface area contributed by atoms with Gasteiger partial charge >= 0.3 is 6.09 Å². The van der Waals surface area contributed by atoms with Crippen molar-refractivity contribution in [3.63, 3.8) is 0 Å². The Morgan fingerprint density at radius 2 is 1.74 bits per heavy atom. The number of anilines is 2. The second kappa shape index (κ2) is 16.6. The van der Waals surface area contributed by atoms with E-state index in [1.54, 1.807) is 24.3 Å². The number of benzene rings is 4. The first-order chi connectivity index (χ1) is 25.4. The fourth-order valence-electron chi connectivity index (χ4n) is 6.62. The van der Waals surface area contributed by atoms with Gasteiger partial charge in [0.1, 0.15) is 11.9 Å². The van der Waals surface area contributed by atoms with Gasteiger partial charge in [-0.1, -0.05) is 66.2 Å². The van der Waals surface area contributed by atoms with E-state index in [0.717, 1.165) is 52.7 Å². The Kier molecular flexibility index (Phi) is 11.8. The molecule has 53 heavy (non-hydrogen) atoms. The summed E-state index contributed by atoms with van der Waals surface area (Å²) >= 11 is 6.57. The molecule has 1 fully saturated rings. The van der Waals surface area contributed by atoms with Crippen LogP contribution in [0.25, 0.3) is 22.0 Å². The van der Waals surface area contributed by atoms with Crippen molar-refractivity contribution in [2.24, 2.45) is 0 Å². The van der Waals surface area contributed by atoms with Gasteiger partial charge < -0.3 is 35.1 Å². The number of likely N-dealkylation sites (tertiary alicyclic amines) is 1. The van der Waals surface area contributed by atoms with Crippen molar-refractivity contribution in [2.75, 3.05) is 44.4 Å². The number of amides is 2. The zero-order valence-corrected chi connectivity index (χ0v) is 30.6. The number of hydrogen-bond donors (Lipinski definition) is 6. The Bertz CT molecular complexity index is 2140. The Morgan fingerprint density at radius 1 is 0.962 bits per heavy atom. The molecule has 5 aromatic rings. The molecule has 1 atom stereocenters. The number of halogens is 1. The SMILES string of the molecule is C[N+]1(C)CCC(OC(=O)Nc2cc(CCC(=O)Nc3ccc(CNC[C@@H](O)c4ccc(O)c5[nH]c(=O)ccc45)c(Cl)c3)ccc2-c2ccccc2)CC1. The van der Waals surface area contributed by atoms with Gasteiger partial charge in [-0.15, -0.1) is 0 Å². The van der Waals surface area contributed by atoms with Crippen LogP contribution in [0.15, 0.2) is 95.8 Å².